The second-order valence-corrected chi connectivity index (χ2v) is 17.8. The first-order chi connectivity index (χ1) is 33.8. The fraction of sp³-hybridized carbons (Fsp3) is 0.393. The van der Waals surface area contributed by atoms with Crippen molar-refractivity contribution in [1.82, 2.24) is 24.8 Å². The van der Waals surface area contributed by atoms with Gasteiger partial charge >= 0.3 is 0 Å². The van der Waals surface area contributed by atoms with E-state index in [4.69, 9.17) is 29.0 Å². The molecule has 5 heterocycles. The number of nitriles is 2. The molecular weight excluding hydrogens is 918 g/mol. The number of aromatic nitrogens is 4. The predicted octanol–water partition coefficient (Wildman–Crippen LogP) is 8.59. The van der Waals surface area contributed by atoms with Gasteiger partial charge in [0.15, 0.2) is 0 Å². The number of nitrogens with zero attached hydrogens (tertiary/aromatic N) is 7. The van der Waals surface area contributed by atoms with Crippen molar-refractivity contribution in [3.8, 4) is 46.2 Å². The molecule has 0 amide bonds. The molecule has 4 aromatic carbocycles. The molecule has 0 unspecified atom stereocenters. The van der Waals surface area contributed by atoms with Gasteiger partial charge in [0.25, 0.3) is 0 Å². The maximum absolute atomic E-state index is 9.68. The minimum absolute atomic E-state index is 0. The lowest BCUT2D eigenvalue weighted by atomic mass is 9.97. The molecule has 6 aromatic rings. The summed E-state index contributed by atoms with van der Waals surface area (Å²) < 4.78 is 22.9. The number of β-amino-alcohol motifs (C(OH)–C–C–N with tert-alkyl or cyclic N) is 1. The summed E-state index contributed by atoms with van der Waals surface area (Å²) >= 11 is 0. The number of benzene rings is 4. The van der Waals surface area contributed by atoms with Gasteiger partial charge < -0.3 is 34.3 Å². The second kappa shape index (κ2) is 27.3. The summed E-state index contributed by atoms with van der Waals surface area (Å²) in [6.07, 6.45) is 11.4. The Bertz CT molecular complexity index is 2670. The van der Waals surface area contributed by atoms with Crippen molar-refractivity contribution in [1.29, 1.82) is 10.5 Å². The average Bonchev–Trinajstić information content (AvgIpc) is 3.37. The van der Waals surface area contributed by atoms with Gasteiger partial charge in [0, 0.05) is 81.7 Å². The lowest BCUT2D eigenvalue weighted by Gasteiger charge is -2.35. The maximum Gasteiger partial charge on any atom is 0.137 e. The van der Waals surface area contributed by atoms with Crippen LogP contribution in [0.1, 0.15) is 97.4 Å². The predicted molar refractivity (Wildman–Crippen MR) is 273 cm³/mol. The number of likely N-dealkylation sites (tertiary alicyclic amines) is 1. The molecule has 10 rings (SSSR count). The van der Waals surface area contributed by atoms with Crippen LogP contribution in [0.5, 0.6) is 11.5 Å². The third-order valence-corrected chi connectivity index (χ3v) is 12.5. The standard InChI is InChI=1S/C27H28N4O3.C24H23N3O3.C4H8O.CH4.ClH/c28-15-22-14-21(5-6-26(22)34-24-8-11-33-12-9-24)25-7-10-29-27(30-25)13-19-1-3-20(4-2-19)16-31-17-23(32)18-31;25-15-20-14-19(5-6-23(20)30-21-8-11-29-12-9-21)22-7-10-26-24(27-22)13-17-1-3-18(16-28)4-2-17;5-4-2-1-3-4;;/h1-7,10,14,23-24,32H,8-9,11-13,16-18H2;1-7,10,14,21,28H,8-9,11-13,16H2;4-5H,1-3H2;1H4;1H. The van der Waals surface area contributed by atoms with Crippen LogP contribution in [0, 0.1) is 22.7 Å². The van der Waals surface area contributed by atoms with Crippen LogP contribution in [-0.4, -0.2) is 104 Å². The zero-order valence-electron chi connectivity index (χ0n) is 39.2. The lowest BCUT2D eigenvalue weighted by Crippen LogP contribution is -2.49. The van der Waals surface area contributed by atoms with Crippen molar-refractivity contribution in [2.75, 3.05) is 39.5 Å². The van der Waals surface area contributed by atoms with Gasteiger partial charge in [-0.1, -0.05) is 56.0 Å². The van der Waals surface area contributed by atoms with Gasteiger partial charge in [-0.25, -0.2) is 19.9 Å². The van der Waals surface area contributed by atoms with Crippen molar-refractivity contribution in [3.63, 3.8) is 0 Å². The second-order valence-electron chi connectivity index (χ2n) is 17.8. The van der Waals surface area contributed by atoms with Crippen LogP contribution in [0.2, 0.25) is 0 Å². The van der Waals surface area contributed by atoms with Crippen molar-refractivity contribution >= 4 is 12.4 Å². The van der Waals surface area contributed by atoms with E-state index in [1.165, 1.54) is 12.0 Å². The van der Waals surface area contributed by atoms with Crippen LogP contribution in [0.15, 0.2) is 109 Å². The molecule has 3 saturated heterocycles. The molecule has 15 heteroatoms. The summed E-state index contributed by atoms with van der Waals surface area (Å²) in [5, 5.41) is 46.3. The summed E-state index contributed by atoms with van der Waals surface area (Å²) in [4.78, 5) is 20.5. The topological polar surface area (TPSA) is 200 Å². The van der Waals surface area contributed by atoms with Crippen LogP contribution < -0.4 is 9.47 Å². The van der Waals surface area contributed by atoms with Gasteiger partial charge in [0.1, 0.15) is 47.5 Å². The molecule has 1 aliphatic carbocycles. The largest absolute Gasteiger partial charge is 0.489 e. The zero-order chi connectivity index (χ0) is 47.8. The van der Waals surface area contributed by atoms with E-state index in [2.05, 4.69) is 56.3 Å². The van der Waals surface area contributed by atoms with E-state index in [0.717, 1.165) is 103 Å². The Balaban J connectivity index is 0.000000207. The first kappa shape index (κ1) is 54.0. The first-order valence-electron chi connectivity index (χ1n) is 23.9. The highest BCUT2D eigenvalue weighted by Crippen LogP contribution is 2.30. The van der Waals surface area contributed by atoms with Gasteiger partial charge in [-0.3, -0.25) is 4.90 Å². The average molecular weight is 983 g/mol. The van der Waals surface area contributed by atoms with Crippen molar-refractivity contribution in [3.05, 3.63) is 154 Å². The Morgan fingerprint density at radius 1 is 0.577 bits per heavy atom. The minimum Gasteiger partial charge on any atom is -0.489 e. The quantitative estimate of drug-likeness (QED) is 0.0994. The summed E-state index contributed by atoms with van der Waals surface area (Å²) in [6.45, 7) is 5.16. The van der Waals surface area contributed by atoms with Gasteiger partial charge in [0.05, 0.1) is 67.8 Å². The third-order valence-electron chi connectivity index (χ3n) is 12.5. The van der Waals surface area contributed by atoms with E-state index in [-0.39, 0.29) is 50.9 Å². The van der Waals surface area contributed by atoms with Crippen molar-refractivity contribution in [2.24, 2.45) is 0 Å². The fourth-order valence-electron chi connectivity index (χ4n) is 8.20. The Kier molecular flexibility index (Phi) is 20.8. The Morgan fingerprint density at radius 3 is 1.38 bits per heavy atom. The molecule has 3 N–H and O–H groups in total. The molecule has 0 spiro atoms. The minimum atomic E-state index is -0.177. The molecule has 4 fully saturated rings. The van der Waals surface area contributed by atoms with Gasteiger partial charge in [-0.15, -0.1) is 12.4 Å². The Hall–Kier alpha value is -6.33. The maximum atomic E-state index is 9.68. The number of hydrogen-bond donors (Lipinski definition) is 3. The van der Waals surface area contributed by atoms with Crippen LogP contribution in [0.4, 0.5) is 0 Å². The van der Waals surface area contributed by atoms with E-state index in [0.29, 0.717) is 67.7 Å². The third kappa shape index (κ3) is 15.8. The van der Waals surface area contributed by atoms with Crippen LogP contribution in [-0.2, 0) is 35.5 Å². The Labute approximate surface area is 423 Å². The smallest absolute Gasteiger partial charge is 0.137 e. The molecular formula is C56H64ClN7O7. The van der Waals surface area contributed by atoms with Gasteiger partial charge in [0.2, 0.25) is 0 Å². The number of aliphatic hydroxyl groups is 3. The van der Waals surface area contributed by atoms with Crippen LogP contribution >= 0.6 is 12.4 Å². The monoisotopic (exact) mass is 981 g/mol. The molecule has 3 aliphatic heterocycles. The van der Waals surface area contributed by atoms with E-state index >= 15 is 0 Å². The SMILES string of the molecule is C.Cl.N#Cc1cc(-c2ccnc(Cc3ccc(CN4CC(O)C4)cc3)n2)ccc1OC1CCOCC1.N#Cc1cc(-c2ccnc(Cc3ccc(CO)cc3)n2)ccc1OC1CCOCC1.OC1CCC1. The highest BCUT2D eigenvalue weighted by Gasteiger charge is 2.24. The molecule has 2 aromatic heterocycles. The molecule has 372 valence electrons. The van der Waals surface area contributed by atoms with Crippen LogP contribution in [0.3, 0.4) is 0 Å². The number of ether oxygens (including phenoxy) is 4. The lowest BCUT2D eigenvalue weighted by molar-refractivity contribution is -0.00287. The summed E-state index contributed by atoms with van der Waals surface area (Å²) in [5.74, 6) is 2.65. The summed E-state index contributed by atoms with van der Waals surface area (Å²) in [7, 11) is 0. The summed E-state index contributed by atoms with van der Waals surface area (Å²) in [5.41, 5.74) is 8.60. The normalized spacial score (nSPS) is 16.1. The number of hydrogen-bond acceptors (Lipinski definition) is 14. The van der Waals surface area contributed by atoms with E-state index in [9.17, 15) is 20.7 Å². The molecule has 4 aliphatic rings. The van der Waals surface area contributed by atoms with Gasteiger partial charge in [-0.2, -0.15) is 10.5 Å². The van der Waals surface area contributed by atoms with E-state index in [1.807, 2.05) is 72.8 Å². The van der Waals surface area contributed by atoms with Crippen LogP contribution in [0.25, 0.3) is 22.5 Å². The Morgan fingerprint density at radius 2 is 1.00 bits per heavy atom. The molecule has 1 saturated carbocycles. The van der Waals surface area contributed by atoms with E-state index < -0.39 is 0 Å². The molecule has 14 nitrogen and oxygen atoms in total. The molecule has 0 atom stereocenters. The number of aliphatic hydroxyl groups excluding tert-OH is 3. The van der Waals surface area contributed by atoms with E-state index in [1.54, 1.807) is 12.4 Å². The highest BCUT2D eigenvalue weighted by atomic mass is 35.5. The highest BCUT2D eigenvalue weighted by molar-refractivity contribution is 5.85. The van der Waals surface area contributed by atoms with Crippen molar-refractivity contribution in [2.45, 2.75) is 103 Å². The fourth-order valence-corrected chi connectivity index (χ4v) is 8.20. The number of halogens is 1. The van der Waals surface area contributed by atoms with Gasteiger partial charge in [-0.05, 0) is 90.0 Å². The molecule has 0 bridgehead atoms. The van der Waals surface area contributed by atoms with Crippen molar-refractivity contribution < 1.29 is 34.3 Å². The first-order valence-corrected chi connectivity index (χ1v) is 23.9. The number of rotatable bonds is 13. The molecule has 0 radical (unpaired) electrons. The zero-order valence-corrected chi connectivity index (χ0v) is 40.1. The summed E-state index contributed by atoms with van der Waals surface area (Å²) in [6, 6.07) is 35.6. The molecule has 71 heavy (non-hydrogen) atoms.